The fraction of sp³-hybridized carbons (Fsp3) is 0.588. The highest BCUT2D eigenvalue weighted by atomic mass is 16.5. The summed E-state index contributed by atoms with van der Waals surface area (Å²) in [5.41, 5.74) is 1.24. The van der Waals surface area contributed by atoms with Gasteiger partial charge in [0.15, 0.2) is 0 Å². The minimum Gasteiger partial charge on any atom is -0.381 e. The van der Waals surface area contributed by atoms with Crippen LogP contribution in [0.25, 0.3) is 0 Å². The molecule has 1 aromatic rings. The number of carbonyl (C=O) groups is 2. The van der Waals surface area contributed by atoms with E-state index in [4.69, 9.17) is 4.74 Å². The van der Waals surface area contributed by atoms with E-state index in [1.165, 1.54) is 0 Å². The first-order chi connectivity index (χ1) is 11.1. The van der Waals surface area contributed by atoms with E-state index < -0.39 is 0 Å². The number of aromatic nitrogens is 1. The van der Waals surface area contributed by atoms with E-state index in [0.717, 1.165) is 25.0 Å². The van der Waals surface area contributed by atoms with Gasteiger partial charge in [-0.2, -0.15) is 0 Å². The second-order valence-corrected chi connectivity index (χ2v) is 6.68. The number of piperidine rings is 1. The van der Waals surface area contributed by atoms with Crippen LogP contribution in [0.2, 0.25) is 0 Å². The van der Waals surface area contributed by atoms with Crippen LogP contribution in [0.4, 0.5) is 0 Å². The largest absolute Gasteiger partial charge is 0.381 e. The summed E-state index contributed by atoms with van der Waals surface area (Å²) < 4.78 is 5.33. The van der Waals surface area contributed by atoms with Crippen LogP contribution in [0.3, 0.4) is 0 Å². The Hall–Kier alpha value is -1.95. The maximum Gasteiger partial charge on any atom is 0.256 e. The van der Waals surface area contributed by atoms with Crippen LogP contribution < -0.4 is 0 Å². The van der Waals surface area contributed by atoms with Crippen LogP contribution in [0.1, 0.15) is 35.3 Å². The Bertz CT molecular complexity index is 646. The van der Waals surface area contributed by atoms with Gasteiger partial charge < -0.3 is 14.5 Å². The predicted molar refractivity (Wildman–Crippen MR) is 82.7 cm³/mol. The van der Waals surface area contributed by atoms with Crippen molar-refractivity contribution in [2.45, 2.75) is 24.8 Å². The molecule has 1 unspecified atom stereocenters. The lowest BCUT2D eigenvalue weighted by Gasteiger charge is -2.43. The zero-order valence-corrected chi connectivity index (χ0v) is 13.3. The molecule has 2 saturated heterocycles. The van der Waals surface area contributed by atoms with Gasteiger partial charge in [-0.3, -0.25) is 14.6 Å². The molecule has 0 aliphatic carbocycles. The summed E-state index contributed by atoms with van der Waals surface area (Å²) in [5.74, 6) is 0.250. The molecule has 1 spiro atoms. The Labute approximate surface area is 135 Å². The predicted octanol–water partition coefficient (Wildman–Crippen LogP) is 1.02. The summed E-state index contributed by atoms with van der Waals surface area (Å²) in [6.45, 7) is 2.57. The molecule has 1 atom stereocenters. The van der Waals surface area contributed by atoms with Gasteiger partial charge in [0.1, 0.15) is 0 Å². The van der Waals surface area contributed by atoms with E-state index in [1.54, 1.807) is 6.20 Å². The molecule has 122 valence electrons. The lowest BCUT2D eigenvalue weighted by atomic mass is 9.83. The van der Waals surface area contributed by atoms with Gasteiger partial charge in [0, 0.05) is 32.9 Å². The van der Waals surface area contributed by atoms with Crippen LogP contribution in [-0.4, -0.2) is 59.9 Å². The first kappa shape index (κ1) is 14.6. The molecule has 2 amide bonds. The van der Waals surface area contributed by atoms with Crippen molar-refractivity contribution in [1.82, 2.24) is 14.8 Å². The number of fused-ring (bicyclic) bond motifs is 2. The summed E-state index contributed by atoms with van der Waals surface area (Å²) in [6, 6.07) is 3.66. The number of hydrogen-bond acceptors (Lipinski definition) is 4. The van der Waals surface area contributed by atoms with Gasteiger partial charge >= 0.3 is 0 Å². The van der Waals surface area contributed by atoms with Crippen LogP contribution in [-0.2, 0) is 15.1 Å². The highest BCUT2D eigenvalue weighted by Crippen LogP contribution is 2.44. The number of amides is 2. The van der Waals surface area contributed by atoms with Gasteiger partial charge in [-0.1, -0.05) is 0 Å². The monoisotopic (exact) mass is 315 g/mol. The lowest BCUT2D eigenvalue weighted by molar-refractivity contribution is -0.138. The van der Waals surface area contributed by atoms with Crippen molar-refractivity contribution in [2.24, 2.45) is 5.92 Å². The minimum absolute atomic E-state index is 0.0115. The van der Waals surface area contributed by atoms with E-state index >= 15 is 0 Å². The number of nitrogens with zero attached hydrogens (tertiary/aromatic N) is 3. The molecule has 0 bridgehead atoms. The molecular weight excluding hydrogens is 294 g/mol. The maximum atomic E-state index is 12.5. The molecule has 3 aliphatic heterocycles. The normalized spacial score (nSPS) is 26.0. The van der Waals surface area contributed by atoms with Crippen molar-refractivity contribution >= 4 is 11.8 Å². The Morgan fingerprint density at radius 2 is 2.17 bits per heavy atom. The lowest BCUT2D eigenvalue weighted by Crippen LogP contribution is -2.52. The molecule has 4 rings (SSSR count). The van der Waals surface area contributed by atoms with Crippen LogP contribution in [0.15, 0.2) is 18.3 Å². The zero-order chi connectivity index (χ0) is 16.0. The molecule has 1 aromatic heterocycles. The maximum absolute atomic E-state index is 12.5. The third-order valence-corrected chi connectivity index (χ3v) is 5.61. The van der Waals surface area contributed by atoms with Crippen LogP contribution >= 0.6 is 0 Å². The molecule has 0 N–H and O–H groups in total. The minimum atomic E-state index is -0.351. The summed E-state index contributed by atoms with van der Waals surface area (Å²) >= 11 is 0. The van der Waals surface area contributed by atoms with E-state index in [9.17, 15) is 9.59 Å². The van der Waals surface area contributed by atoms with Gasteiger partial charge in [0.2, 0.25) is 5.91 Å². The highest BCUT2D eigenvalue weighted by Gasteiger charge is 2.51. The molecule has 2 fully saturated rings. The molecule has 0 saturated carbocycles. The molecule has 23 heavy (non-hydrogen) atoms. The van der Waals surface area contributed by atoms with Gasteiger partial charge in [-0.15, -0.1) is 0 Å². The van der Waals surface area contributed by atoms with Crippen molar-refractivity contribution in [2.75, 3.05) is 33.4 Å². The Morgan fingerprint density at radius 1 is 1.39 bits per heavy atom. The number of rotatable bonds is 1. The first-order valence-corrected chi connectivity index (χ1v) is 8.24. The smallest absolute Gasteiger partial charge is 0.256 e. The second kappa shape index (κ2) is 5.30. The Morgan fingerprint density at radius 3 is 2.87 bits per heavy atom. The van der Waals surface area contributed by atoms with Crippen molar-refractivity contribution in [1.29, 1.82) is 0 Å². The molecule has 0 radical (unpaired) electrons. The Kier molecular flexibility index (Phi) is 3.37. The molecule has 6 heteroatoms. The summed E-state index contributed by atoms with van der Waals surface area (Å²) in [6.07, 6.45) is 4.07. The van der Waals surface area contributed by atoms with E-state index in [-0.39, 0.29) is 23.3 Å². The second-order valence-electron chi connectivity index (χ2n) is 6.68. The topological polar surface area (TPSA) is 62.7 Å². The van der Waals surface area contributed by atoms with E-state index in [0.29, 0.717) is 31.9 Å². The van der Waals surface area contributed by atoms with Gasteiger partial charge in [0.25, 0.3) is 5.91 Å². The molecular formula is C17H21N3O3. The standard InChI is InChI=1S/C17H21N3O3/c1-19-16(22)13-3-2-7-18-14(13)17(19)5-8-20(9-6-17)15(21)12-4-10-23-11-12/h2-3,7,12H,4-6,8-11H2,1H3. The number of carbonyl (C=O) groups excluding carboxylic acids is 2. The zero-order valence-electron chi connectivity index (χ0n) is 13.3. The summed E-state index contributed by atoms with van der Waals surface area (Å²) in [4.78, 5) is 33.3. The third kappa shape index (κ3) is 2.08. The number of likely N-dealkylation sites (tertiary alicyclic amines) is 1. The first-order valence-electron chi connectivity index (χ1n) is 8.24. The fourth-order valence-electron chi connectivity index (χ4n) is 4.14. The van der Waals surface area contributed by atoms with Crippen molar-refractivity contribution in [3.8, 4) is 0 Å². The average molecular weight is 315 g/mol. The molecule has 6 nitrogen and oxygen atoms in total. The van der Waals surface area contributed by atoms with Crippen LogP contribution in [0, 0.1) is 5.92 Å². The molecule has 4 heterocycles. The van der Waals surface area contributed by atoms with Gasteiger partial charge in [-0.05, 0) is 31.4 Å². The van der Waals surface area contributed by atoms with Crippen LogP contribution in [0.5, 0.6) is 0 Å². The van der Waals surface area contributed by atoms with E-state index in [2.05, 4.69) is 4.98 Å². The quantitative estimate of drug-likeness (QED) is 0.776. The average Bonchev–Trinajstić information content (AvgIpc) is 3.20. The van der Waals surface area contributed by atoms with Crippen molar-refractivity contribution in [3.63, 3.8) is 0 Å². The number of hydrogen-bond donors (Lipinski definition) is 0. The van der Waals surface area contributed by atoms with Gasteiger partial charge in [-0.25, -0.2) is 0 Å². The van der Waals surface area contributed by atoms with Crippen molar-refractivity contribution in [3.05, 3.63) is 29.6 Å². The third-order valence-electron chi connectivity index (χ3n) is 5.61. The highest BCUT2D eigenvalue weighted by molar-refractivity contribution is 5.99. The number of ether oxygens (including phenoxy) is 1. The molecule has 0 aromatic carbocycles. The SMILES string of the molecule is CN1C(=O)c2cccnc2C12CCN(C(=O)C1CCOC1)CC2. The van der Waals surface area contributed by atoms with E-state index in [1.807, 2.05) is 29.0 Å². The number of pyridine rings is 1. The fourth-order valence-corrected chi connectivity index (χ4v) is 4.14. The summed E-state index contributed by atoms with van der Waals surface area (Å²) in [7, 11) is 1.85. The summed E-state index contributed by atoms with van der Waals surface area (Å²) in [5, 5.41) is 0. The molecule has 3 aliphatic rings. The van der Waals surface area contributed by atoms with Gasteiger partial charge in [0.05, 0.1) is 29.3 Å². The van der Waals surface area contributed by atoms with Crippen molar-refractivity contribution < 1.29 is 14.3 Å². The Balaban J connectivity index is 1.55.